The van der Waals surface area contributed by atoms with E-state index in [4.69, 9.17) is 0 Å². The van der Waals surface area contributed by atoms with Gasteiger partial charge in [-0.25, -0.2) is 4.79 Å². The van der Waals surface area contributed by atoms with Crippen molar-refractivity contribution in [2.45, 2.75) is 32.2 Å². The number of nitrogens with zero attached hydrogens (tertiary/aromatic N) is 1. The van der Waals surface area contributed by atoms with Gasteiger partial charge in [0.1, 0.15) is 5.54 Å². The summed E-state index contributed by atoms with van der Waals surface area (Å²) in [4.78, 5) is 36.6. The first-order chi connectivity index (χ1) is 11.4. The number of fused-ring (bicyclic) bond motifs is 1. The Balaban J connectivity index is 1.76. The molecule has 2 aromatic carbocycles. The molecule has 124 valence electrons. The number of amides is 4. The van der Waals surface area contributed by atoms with Gasteiger partial charge in [-0.15, -0.1) is 0 Å². The molecule has 1 atom stereocenters. The van der Waals surface area contributed by atoms with E-state index >= 15 is 0 Å². The highest BCUT2D eigenvalue weighted by atomic mass is 16.2. The standard InChI is InChI=1S/C18H19N3O3/c1-3-18(2)16(23)21(17(24)19-18)20-15(22)11-13-9-6-8-12-7-4-5-10-14(12)13/h4-10H,3,11H2,1-2H3,(H,19,24)(H,20,22)/t18-/m0/s1. The molecule has 1 saturated heterocycles. The van der Waals surface area contributed by atoms with Crippen LogP contribution in [0, 0.1) is 0 Å². The van der Waals surface area contributed by atoms with Crippen LogP contribution in [0.25, 0.3) is 10.8 Å². The van der Waals surface area contributed by atoms with Crippen LogP contribution in [0.15, 0.2) is 42.5 Å². The van der Waals surface area contributed by atoms with Gasteiger partial charge in [0, 0.05) is 0 Å². The van der Waals surface area contributed by atoms with Crippen molar-refractivity contribution < 1.29 is 14.4 Å². The summed E-state index contributed by atoms with van der Waals surface area (Å²) >= 11 is 0. The van der Waals surface area contributed by atoms with Crippen molar-refractivity contribution in [2.24, 2.45) is 0 Å². The molecule has 0 bridgehead atoms. The Morgan fingerprint density at radius 1 is 1.17 bits per heavy atom. The van der Waals surface area contributed by atoms with Gasteiger partial charge in [0.15, 0.2) is 0 Å². The fourth-order valence-electron chi connectivity index (χ4n) is 2.81. The molecule has 0 aromatic heterocycles. The summed E-state index contributed by atoms with van der Waals surface area (Å²) in [5, 5.41) is 5.39. The van der Waals surface area contributed by atoms with E-state index < -0.39 is 23.4 Å². The van der Waals surface area contributed by atoms with E-state index in [-0.39, 0.29) is 6.42 Å². The molecule has 24 heavy (non-hydrogen) atoms. The van der Waals surface area contributed by atoms with Gasteiger partial charge >= 0.3 is 6.03 Å². The van der Waals surface area contributed by atoms with Crippen LogP contribution in [-0.4, -0.2) is 28.4 Å². The molecule has 0 saturated carbocycles. The first-order valence-corrected chi connectivity index (χ1v) is 7.87. The minimum absolute atomic E-state index is 0.0846. The fourth-order valence-corrected chi connectivity index (χ4v) is 2.81. The van der Waals surface area contributed by atoms with Crippen LogP contribution in [0.3, 0.4) is 0 Å². The quantitative estimate of drug-likeness (QED) is 0.845. The second kappa shape index (κ2) is 5.96. The first-order valence-electron chi connectivity index (χ1n) is 7.87. The van der Waals surface area contributed by atoms with E-state index in [0.717, 1.165) is 21.3 Å². The zero-order chi connectivity index (χ0) is 17.3. The molecule has 2 aromatic rings. The van der Waals surface area contributed by atoms with Crippen molar-refractivity contribution in [3.05, 3.63) is 48.0 Å². The lowest BCUT2D eigenvalue weighted by molar-refractivity contribution is -0.138. The van der Waals surface area contributed by atoms with Crippen molar-refractivity contribution in [2.75, 3.05) is 0 Å². The monoisotopic (exact) mass is 325 g/mol. The third kappa shape index (κ3) is 2.71. The molecule has 1 heterocycles. The van der Waals surface area contributed by atoms with E-state index in [0.29, 0.717) is 6.42 Å². The number of rotatable bonds is 4. The molecule has 1 fully saturated rings. The SMILES string of the molecule is CC[C@]1(C)NC(=O)N(NC(=O)Cc2cccc3ccccc23)C1=O. The number of benzene rings is 2. The normalized spacial score (nSPS) is 20.3. The first kappa shape index (κ1) is 16.0. The van der Waals surface area contributed by atoms with Crippen LogP contribution in [0.4, 0.5) is 4.79 Å². The number of carbonyl (C=O) groups is 3. The maximum Gasteiger partial charge on any atom is 0.344 e. The second-order valence-electron chi connectivity index (χ2n) is 6.11. The molecule has 2 N–H and O–H groups in total. The van der Waals surface area contributed by atoms with Crippen LogP contribution in [0.2, 0.25) is 0 Å². The van der Waals surface area contributed by atoms with E-state index in [1.807, 2.05) is 42.5 Å². The molecule has 1 aliphatic heterocycles. The van der Waals surface area contributed by atoms with E-state index in [2.05, 4.69) is 10.7 Å². The van der Waals surface area contributed by atoms with Gasteiger partial charge in [0.2, 0.25) is 5.91 Å². The van der Waals surface area contributed by atoms with Gasteiger partial charge in [0.05, 0.1) is 6.42 Å². The Bertz CT molecular complexity index is 828. The largest absolute Gasteiger partial charge is 0.344 e. The molecule has 3 rings (SSSR count). The van der Waals surface area contributed by atoms with Crippen molar-refractivity contribution in [1.29, 1.82) is 0 Å². The van der Waals surface area contributed by atoms with Gasteiger partial charge in [-0.1, -0.05) is 49.4 Å². The molecule has 6 heteroatoms. The molecule has 0 unspecified atom stereocenters. The van der Waals surface area contributed by atoms with Gasteiger partial charge in [-0.2, -0.15) is 5.01 Å². The third-order valence-electron chi connectivity index (χ3n) is 4.44. The molecule has 0 radical (unpaired) electrons. The minimum Gasteiger partial charge on any atom is -0.322 e. The molecular formula is C18H19N3O3. The van der Waals surface area contributed by atoms with Crippen LogP contribution >= 0.6 is 0 Å². The second-order valence-corrected chi connectivity index (χ2v) is 6.11. The van der Waals surface area contributed by atoms with Gasteiger partial charge < -0.3 is 5.32 Å². The Kier molecular flexibility index (Phi) is 3.97. The van der Waals surface area contributed by atoms with Crippen molar-refractivity contribution in [3.63, 3.8) is 0 Å². The fraction of sp³-hybridized carbons (Fsp3) is 0.278. The van der Waals surface area contributed by atoms with E-state index in [9.17, 15) is 14.4 Å². The topological polar surface area (TPSA) is 78.5 Å². The molecule has 4 amide bonds. The Hall–Kier alpha value is -2.89. The molecule has 1 aliphatic rings. The summed E-state index contributed by atoms with van der Waals surface area (Å²) in [6.45, 7) is 3.45. The summed E-state index contributed by atoms with van der Waals surface area (Å²) in [6.07, 6.45) is 0.536. The van der Waals surface area contributed by atoms with Crippen LogP contribution in [0.5, 0.6) is 0 Å². The summed E-state index contributed by atoms with van der Waals surface area (Å²) in [5.74, 6) is -0.850. The van der Waals surface area contributed by atoms with Crippen molar-refractivity contribution >= 4 is 28.6 Å². The highest BCUT2D eigenvalue weighted by molar-refractivity contribution is 6.07. The Morgan fingerprint density at radius 3 is 2.58 bits per heavy atom. The average molecular weight is 325 g/mol. The number of hydrogen-bond donors (Lipinski definition) is 2. The number of carbonyl (C=O) groups excluding carboxylic acids is 3. The predicted molar refractivity (Wildman–Crippen MR) is 89.9 cm³/mol. The zero-order valence-corrected chi connectivity index (χ0v) is 13.6. The number of urea groups is 1. The predicted octanol–water partition coefficient (Wildman–Crippen LogP) is 2.13. The van der Waals surface area contributed by atoms with Gasteiger partial charge in [0.25, 0.3) is 5.91 Å². The van der Waals surface area contributed by atoms with Crippen molar-refractivity contribution in [3.8, 4) is 0 Å². The Labute approximate surface area is 139 Å². The van der Waals surface area contributed by atoms with Crippen LogP contribution in [-0.2, 0) is 16.0 Å². The maximum absolute atomic E-state index is 12.3. The smallest absolute Gasteiger partial charge is 0.322 e. The summed E-state index contributed by atoms with van der Waals surface area (Å²) < 4.78 is 0. The summed E-state index contributed by atoms with van der Waals surface area (Å²) in [5.41, 5.74) is 2.29. The van der Waals surface area contributed by atoms with Gasteiger partial charge in [-0.05, 0) is 29.7 Å². The number of hydrazine groups is 1. The average Bonchev–Trinajstić information content (AvgIpc) is 2.79. The number of imide groups is 1. The van der Waals surface area contributed by atoms with Gasteiger partial charge in [-0.3, -0.25) is 15.0 Å². The number of hydrogen-bond acceptors (Lipinski definition) is 3. The summed E-state index contributed by atoms with van der Waals surface area (Å²) in [7, 11) is 0. The van der Waals surface area contributed by atoms with Crippen molar-refractivity contribution in [1.82, 2.24) is 15.8 Å². The molecule has 0 aliphatic carbocycles. The number of nitrogens with one attached hydrogen (secondary N) is 2. The minimum atomic E-state index is -0.968. The summed E-state index contributed by atoms with van der Waals surface area (Å²) in [6, 6.07) is 12.9. The molecular weight excluding hydrogens is 306 g/mol. The van der Waals surface area contributed by atoms with E-state index in [1.54, 1.807) is 13.8 Å². The lowest BCUT2D eigenvalue weighted by Crippen LogP contribution is -2.49. The zero-order valence-electron chi connectivity index (χ0n) is 13.6. The highest BCUT2D eigenvalue weighted by Crippen LogP contribution is 2.21. The van der Waals surface area contributed by atoms with Crippen LogP contribution in [0.1, 0.15) is 25.8 Å². The maximum atomic E-state index is 12.3. The highest BCUT2D eigenvalue weighted by Gasteiger charge is 2.47. The third-order valence-corrected chi connectivity index (χ3v) is 4.44. The Morgan fingerprint density at radius 2 is 1.88 bits per heavy atom. The molecule has 0 spiro atoms. The van der Waals surface area contributed by atoms with E-state index in [1.165, 1.54) is 0 Å². The van der Waals surface area contributed by atoms with Crippen LogP contribution < -0.4 is 10.7 Å². The molecule has 6 nitrogen and oxygen atoms in total. The lowest BCUT2D eigenvalue weighted by Gasteiger charge is -2.19. The lowest BCUT2D eigenvalue weighted by atomic mass is 10.00.